The molecule has 5 nitrogen and oxygen atoms in total. The van der Waals surface area contributed by atoms with E-state index in [1.165, 1.54) is 11.0 Å². The molecule has 1 N–H and O–H groups in total. The molecule has 21 heavy (non-hydrogen) atoms. The van der Waals surface area contributed by atoms with Gasteiger partial charge in [-0.25, -0.2) is 4.79 Å². The van der Waals surface area contributed by atoms with Crippen LogP contribution in [0.2, 0.25) is 0 Å². The molecule has 0 amide bonds. The highest BCUT2D eigenvalue weighted by atomic mass is 16.2. The van der Waals surface area contributed by atoms with Gasteiger partial charge in [0.15, 0.2) is 0 Å². The molecule has 0 bridgehead atoms. The zero-order valence-corrected chi connectivity index (χ0v) is 12.6. The molecule has 2 aromatic rings. The zero-order chi connectivity index (χ0) is 15.0. The van der Waals surface area contributed by atoms with Gasteiger partial charge in [-0.1, -0.05) is 18.6 Å². The van der Waals surface area contributed by atoms with Crippen LogP contribution >= 0.6 is 0 Å². The second-order valence-corrected chi connectivity index (χ2v) is 5.88. The molecule has 1 aliphatic rings. The first-order valence-electron chi connectivity index (χ1n) is 7.52. The summed E-state index contributed by atoms with van der Waals surface area (Å²) in [6, 6.07) is 5.81. The van der Waals surface area contributed by atoms with Crippen LogP contribution in [0.3, 0.4) is 0 Å². The highest BCUT2D eigenvalue weighted by Crippen LogP contribution is 2.13. The molecule has 5 heteroatoms. The number of hydrogen-bond donors (Lipinski definition) is 1. The summed E-state index contributed by atoms with van der Waals surface area (Å²) in [6.07, 6.45) is 3.33. The van der Waals surface area contributed by atoms with Gasteiger partial charge in [-0.15, -0.1) is 0 Å². The van der Waals surface area contributed by atoms with Crippen molar-refractivity contribution in [2.45, 2.75) is 38.8 Å². The van der Waals surface area contributed by atoms with E-state index in [-0.39, 0.29) is 17.3 Å². The third-order valence-electron chi connectivity index (χ3n) is 4.38. The van der Waals surface area contributed by atoms with E-state index in [1.807, 2.05) is 19.1 Å². The number of piperidine rings is 1. The Labute approximate surface area is 123 Å². The predicted octanol–water partition coefficient (Wildman–Crippen LogP) is 1.15. The minimum atomic E-state index is -0.228. The lowest BCUT2D eigenvalue weighted by atomic mass is 10.0. The van der Waals surface area contributed by atoms with E-state index in [2.05, 4.69) is 5.32 Å². The fourth-order valence-electron chi connectivity index (χ4n) is 3.25. The molecule has 1 aromatic carbocycles. The molecule has 2 heterocycles. The highest BCUT2D eigenvalue weighted by Gasteiger charge is 2.18. The quantitative estimate of drug-likeness (QED) is 0.901. The maximum atomic E-state index is 12.6. The van der Waals surface area contributed by atoms with Gasteiger partial charge in [0.2, 0.25) is 0 Å². The van der Waals surface area contributed by atoms with Gasteiger partial charge >= 0.3 is 5.69 Å². The van der Waals surface area contributed by atoms with Crippen LogP contribution in [0.15, 0.2) is 27.8 Å². The van der Waals surface area contributed by atoms with Crippen LogP contribution in [0.4, 0.5) is 0 Å². The van der Waals surface area contributed by atoms with Crippen molar-refractivity contribution in [2.24, 2.45) is 7.05 Å². The molecule has 1 fully saturated rings. The number of benzene rings is 1. The Morgan fingerprint density at radius 1 is 1.29 bits per heavy atom. The minimum Gasteiger partial charge on any atom is -0.312 e. The molecule has 112 valence electrons. The Morgan fingerprint density at radius 3 is 2.81 bits per heavy atom. The lowest BCUT2D eigenvalue weighted by Crippen LogP contribution is -2.46. The maximum Gasteiger partial charge on any atom is 0.331 e. The summed E-state index contributed by atoms with van der Waals surface area (Å²) in [5.74, 6) is 0. The van der Waals surface area contributed by atoms with Crippen LogP contribution in [0, 0.1) is 6.92 Å². The van der Waals surface area contributed by atoms with Gasteiger partial charge < -0.3 is 5.32 Å². The third kappa shape index (κ3) is 2.42. The van der Waals surface area contributed by atoms with E-state index in [0.29, 0.717) is 11.9 Å². The van der Waals surface area contributed by atoms with Gasteiger partial charge in [0.1, 0.15) is 0 Å². The number of aromatic nitrogens is 2. The molecule has 1 aliphatic heterocycles. The van der Waals surface area contributed by atoms with Crippen LogP contribution in [-0.4, -0.2) is 21.7 Å². The first-order valence-corrected chi connectivity index (χ1v) is 7.52. The van der Waals surface area contributed by atoms with Crippen molar-refractivity contribution in [2.75, 3.05) is 6.54 Å². The molecule has 1 atom stereocenters. The smallest absolute Gasteiger partial charge is 0.312 e. The molecule has 0 aliphatic carbocycles. The first-order chi connectivity index (χ1) is 10.1. The molecular weight excluding hydrogens is 266 g/mol. The van der Waals surface area contributed by atoms with Gasteiger partial charge in [0, 0.05) is 19.6 Å². The number of aryl methyl sites for hydroxylation is 2. The van der Waals surface area contributed by atoms with Gasteiger partial charge in [0.25, 0.3) is 5.56 Å². The van der Waals surface area contributed by atoms with Crippen molar-refractivity contribution in [1.82, 2.24) is 14.5 Å². The van der Waals surface area contributed by atoms with E-state index >= 15 is 0 Å². The summed E-state index contributed by atoms with van der Waals surface area (Å²) < 4.78 is 2.97. The SMILES string of the molecule is Cc1cccc2c(=O)n(CC3CCCCN3)c(=O)n(C)c12. The van der Waals surface area contributed by atoms with Crippen molar-refractivity contribution in [1.29, 1.82) is 0 Å². The fraction of sp³-hybridized carbons (Fsp3) is 0.500. The van der Waals surface area contributed by atoms with E-state index in [9.17, 15) is 9.59 Å². The zero-order valence-electron chi connectivity index (χ0n) is 12.6. The number of nitrogens with zero attached hydrogens (tertiary/aromatic N) is 2. The van der Waals surface area contributed by atoms with E-state index < -0.39 is 0 Å². The van der Waals surface area contributed by atoms with Crippen LogP contribution in [0.5, 0.6) is 0 Å². The molecule has 1 saturated heterocycles. The lowest BCUT2D eigenvalue weighted by Gasteiger charge is -2.24. The summed E-state index contributed by atoms with van der Waals surface area (Å²) in [5, 5.41) is 4.01. The third-order valence-corrected chi connectivity index (χ3v) is 4.38. The van der Waals surface area contributed by atoms with Crippen molar-refractivity contribution < 1.29 is 0 Å². The summed E-state index contributed by atoms with van der Waals surface area (Å²) in [7, 11) is 1.74. The Morgan fingerprint density at radius 2 is 2.10 bits per heavy atom. The molecule has 0 saturated carbocycles. The molecule has 0 radical (unpaired) electrons. The lowest BCUT2D eigenvalue weighted by molar-refractivity contribution is 0.353. The van der Waals surface area contributed by atoms with E-state index in [4.69, 9.17) is 0 Å². The van der Waals surface area contributed by atoms with Gasteiger partial charge in [-0.2, -0.15) is 0 Å². The summed E-state index contributed by atoms with van der Waals surface area (Å²) in [4.78, 5) is 25.2. The normalized spacial score (nSPS) is 19.0. The van der Waals surface area contributed by atoms with Crippen molar-refractivity contribution in [3.8, 4) is 0 Å². The van der Waals surface area contributed by atoms with Crippen molar-refractivity contribution in [3.05, 3.63) is 44.6 Å². The monoisotopic (exact) mass is 287 g/mol. The Hall–Kier alpha value is -1.88. The Balaban J connectivity index is 2.15. The topological polar surface area (TPSA) is 56.0 Å². The Bertz CT molecular complexity index is 782. The summed E-state index contributed by atoms with van der Waals surface area (Å²) in [6.45, 7) is 3.34. The van der Waals surface area contributed by atoms with Gasteiger partial charge in [-0.3, -0.25) is 13.9 Å². The van der Waals surface area contributed by atoms with Crippen LogP contribution in [0.1, 0.15) is 24.8 Å². The molecule has 0 spiro atoms. The highest BCUT2D eigenvalue weighted by molar-refractivity contribution is 5.81. The average molecular weight is 287 g/mol. The fourth-order valence-corrected chi connectivity index (χ4v) is 3.25. The van der Waals surface area contributed by atoms with Crippen LogP contribution in [0.25, 0.3) is 10.9 Å². The number of nitrogens with one attached hydrogen (secondary N) is 1. The van der Waals surface area contributed by atoms with Crippen molar-refractivity contribution in [3.63, 3.8) is 0 Å². The second-order valence-electron chi connectivity index (χ2n) is 5.88. The summed E-state index contributed by atoms with van der Waals surface area (Å²) in [5.41, 5.74) is 1.28. The van der Waals surface area contributed by atoms with E-state index in [0.717, 1.165) is 30.5 Å². The number of fused-ring (bicyclic) bond motifs is 1. The maximum absolute atomic E-state index is 12.6. The van der Waals surface area contributed by atoms with Gasteiger partial charge in [-0.05, 0) is 37.9 Å². The largest absolute Gasteiger partial charge is 0.331 e. The number of hydrogen-bond acceptors (Lipinski definition) is 3. The standard InChI is InChI=1S/C16H21N3O2/c1-11-6-5-8-13-14(11)18(2)16(21)19(15(13)20)10-12-7-3-4-9-17-12/h5-6,8,12,17H,3-4,7,9-10H2,1-2H3. The second kappa shape index (κ2) is 5.48. The van der Waals surface area contributed by atoms with E-state index in [1.54, 1.807) is 17.7 Å². The molecule has 1 unspecified atom stereocenters. The number of rotatable bonds is 2. The summed E-state index contributed by atoms with van der Waals surface area (Å²) >= 11 is 0. The van der Waals surface area contributed by atoms with Gasteiger partial charge in [0.05, 0.1) is 10.9 Å². The molecule has 3 rings (SSSR count). The first kappa shape index (κ1) is 14.1. The predicted molar refractivity (Wildman–Crippen MR) is 83.8 cm³/mol. The molecular formula is C16H21N3O2. The van der Waals surface area contributed by atoms with Crippen molar-refractivity contribution >= 4 is 10.9 Å². The Kier molecular flexibility index (Phi) is 3.68. The minimum absolute atomic E-state index is 0.177. The molecule has 1 aromatic heterocycles. The van der Waals surface area contributed by atoms with Crippen LogP contribution < -0.4 is 16.6 Å². The average Bonchev–Trinajstić information content (AvgIpc) is 2.50. The number of para-hydroxylation sites is 1. The van der Waals surface area contributed by atoms with Crippen LogP contribution in [-0.2, 0) is 13.6 Å².